The minimum absolute atomic E-state index is 0.161. The molecule has 0 aromatic heterocycles. The standard InChI is InChI=1S/C11H11F3N2OS/c12-11(13,14)7-2-1-3-8(4-7)16-10(17)9-5-18-6-15-9/h1-4,9,15H,5-6H2,(H,16,17). The first kappa shape index (κ1) is 13.2. The summed E-state index contributed by atoms with van der Waals surface area (Å²) in [6.07, 6.45) is -4.40. The van der Waals surface area contributed by atoms with Crippen LogP contribution >= 0.6 is 11.8 Å². The van der Waals surface area contributed by atoms with E-state index in [4.69, 9.17) is 0 Å². The molecular weight excluding hydrogens is 265 g/mol. The average molecular weight is 276 g/mol. The zero-order valence-corrected chi connectivity index (χ0v) is 10.1. The number of hydrogen-bond acceptors (Lipinski definition) is 3. The normalized spacial score (nSPS) is 19.8. The van der Waals surface area contributed by atoms with E-state index in [1.165, 1.54) is 12.1 Å². The minimum Gasteiger partial charge on any atom is -0.325 e. The number of carbonyl (C=O) groups is 1. The van der Waals surface area contributed by atoms with E-state index in [2.05, 4.69) is 10.6 Å². The molecule has 98 valence electrons. The number of carbonyl (C=O) groups excluding carboxylic acids is 1. The van der Waals surface area contributed by atoms with Crippen LogP contribution in [-0.4, -0.2) is 23.6 Å². The first-order chi connectivity index (χ1) is 8.47. The second-order valence-corrected chi connectivity index (χ2v) is 4.87. The van der Waals surface area contributed by atoms with Crippen LogP contribution in [0.5, 0.6) is 0 Å². The molecule has 0 saturated carbocycles. The highest BCUT2D eigenvalue weighted by Gasteiger charge is 2.30. The highest BCUT2D eigenvalue weighted by molar-refractivity contribution is 7.99. The average Bonchev–Trinajstić information content (AvgIpc) is 2.81. The molecule has 3 nitrogen and oxygen atoms in total. The molecule has 2 N–H and O–H groups in total. The van der Waals surface area contributed by atoms with E-state index in [1.54, 1.807) is 11.8 Å². The van der Waals surface area contributed by atoms with Gasteiger partial charge in [0.2, 0.25) is 5.91 Å². The molecule has 7 heteroatoms. The number of anilines is 1. The Hall–Kier alpha value is -1.21. The zero-order valence-electron chi connectivity index (χ0n) is 9.25. The van der Waals surface area contributed by atoms with Crippen LogP contribution in [0.3, 0.4) is 0 Å². The number of nitrogens with one attached hydrogen (secondary N) is 2. The predicted octanol–water partition coefficient (Wildman–Crippen LogP) is 2.31. The number of hydrogen-bond donors (Lipinski definition) is 2. The molecule has 0 aliphatic carbocycles. The summed E-state index contributed by atoms with van der Waals surface area (Å²) in [5, 5.41) is 5.43. The van der Waals surface area contributed by atoms with E-state index in [-0.39, 0.29) is 17.6 Å². The number of benzene rings is 1. The summed E-state index contributed by atoms with van der Waals surface area (Å²) in [5.41, 5.74) is -0.609. The molecular formula is C11H11F3N2OS. The molecule has 0 spiro atoms. The smallest absolute Gasteiger partial charge is 0.325 e. The van der Waals surface area contributed by atoms with Gasteiger partial charge in [-0.05, 0) is 18.2 Å². The lowest BCUT2D eigenvalue weighted by molar-refractivity contribution is -0.137. The third-order valence-electron chi connectivity index (χ3n) is 2.49. The maximum absolute atomic E-state index is 12.5. The van der Waals surface area contributed by atoms with Crippen LogP contribution in [0.25, 0.3) is 0 Å². The predicted molar refractivity (Wildman–Crippen MR) is 64.3 cm³/mol. The molecule has 1 aliphatic heterocycles. The third-order valence-corrected chi connectivity index (χ3v) is 3.43. The molecule has 1 heterocycles. The molecule has 1 saturated heterocycles. The van der Waals surface area contributed by atoms with Gasteiger partial charge in [0.25, 0.3) is 0 Å². The molecule has 1 unspecified atom stereocenters. The summed E-state index contributed by atoms with van der Waals surface area (Å²) >= 11 is 1.58. The topological polar surface area (TPSA) is 41.1 Å². The van der Waals surface area contributed by atoms with Crippen molar-refractivity contribution in [2.45, 2.75) is 12.2 Å². The van der Waals surface area contributed by atoms with Crippen molar-refractivity contribution in [2.75, 3.05) is 16.9 Å². The Balaban J connectivity index is 2.07. The van der Waals surface area contributed by atoms with Gasteiger partial charge in [-0.2, -0.15) is 13.2 Å². The minimum atomic E-state index is -4.40. The molecule has 2 rings (SSSR count). The molecule has 1 amide bonds. The van der Waals surface area contributed by atoms with E-state index in [1.807, 2.05) is 0 Å². The molecule has 1 atom stereocenters. The Bertz CT molecular complexity index is 444. The number of rotatable bonds is 2. The SMILES string of the molecule is O=C(Nc1cccc(C(F)(F)F)c1)C1CSCN1. The van der Waals surface area contributed by atoms with Crippen LogP contribution in [0.15, 0.2) is 24.3 Å². The van der Waals surface area contributed by atoms with Gasteiger partial charge in [0, 0.05) is 17.3 Å². The van der Waals surface area contributed by atoms with Crippen molar-refractivity contribution in [1.29, 1.82) is 0 Å². The Morgan fingerprint density at radius 3 is 2.83 bits per heavy atom. The van der Waals surface area contributed by atoms with Crippen LogP contribution in [0.1, 0.15) is 5.56 Å². The van der Waals surface area contributed by atoms with Gasteiger partial charge in [-0.1, -0.05) is 6.07 Å². The first-order valence-corrected chi connectivity index (χ1v) is 6.41. The number of halogens is 3. The highest BCUT2D eigenvalue weighted by Crippen LogP contribution is 2.30. The van der Waals surface area contributed by atoms with Crippen molar-refractivity contribution >= 4 is 23.4 Å². The summed E-state index contributed by atoms with van der Waals surface area (Å²) in [6, 6.07) is 4.27. The van der Waals surface area contributed by atoms with Crippen molar-refractivity contribution in [2.24, 2.45) is 0 Å². The van der Waals surface area contributed by atoms with Gasteiger partial charge in [-0.15, -0.1) is 11.8 Å². The van der Waals surface area contributed by atoms with Gasteiger partial charge in [0.05, 0.1) is 11.6 Å². The third kappa shape index (κ3) is 3.17. The summed E-state index contributed by atoms with van der Waals surface area (Å²) in [6.45, 7) is 0. The number of amides is 1. The van der Waals surface area contributed by atoms with E-state index in [9.17, 15) is 18.0 Å². The monoisotopic (exact) mass is 276 g/mol. The summed E-state index contributed by atoms with van der Waals surface area (Å²) < 4.78 is 37.4. The Morgan fingerprint density at radius 1 is 1.44 bits per heavy atom. The van der Waals surface area contributed by atoms with Crippen molar-refractivity contribution in [3.05, 3.63) is 29.8 Å². The van der Waals surface area contributed by atoms with E-state index in [0.717, 1.165) is 12.1 Å². The van der Waals surface area contributed by atoms with Crippen molar-refractivity contribution < 1.29 is 18.0 Å². The molecule has 1 aromatic rings. The fraction of sp³-hybridized carbons (Fsp3) is 0.364. The Labute approximate surface area is 106 Å². The lowest BCUT2D eigenvalue weighted by Crippen LogP contribution is -2.37. The van der Waals surface area contributed by atoms with Gasteiger partial charge in [-0.3, -0.25) is 10.1 Å². The summed E-state index contributed by atoms with van der Waals surface area (Å²) in [7, 11) is 0. The molecule has 0 radical (unpaired) electrons. The summed E-state index contributed by atoms with van der Waals surface area (Å²) in [4.78, 5) is 11.7. The van der Waals surface area contributed by atoms with Gasteiger partial charge >= 0.3 is 6.18 Å². The van der Waals surface area contributed by atoms with E-state index in [0.29, 0.717) is 11.6 Å². The maximum Gasteiger partial charge on any atom is 0.416 e. The van der Waals surface area contributed by atoms with Gasteiger partial charge < -0.3 is 5.32 Å². The fourth-order valence-corrected chi connectivity index (χ4v) is 2.51. The van der Waals surface area contributed by atoms with E-state index >= 15 is 0 Å². The lowest BCUT2D eigenvalue weighted by Gasteiger charge is -2.12. The number of alkyl halides is 3. The summed E-state index contributed by atoms with van der Waals surface area (Å²) in [5.74, 6) is 1.00. The Morgan fingerprint density at radius 2 is 2.22 bits per heavy atom. The largest absolute Gasteiger partial charge is 0.416 e. The second-order valence-electron chi connectivity index (χ2n) is 3.84. The molecule has 0 bridgehead atoms. The second kappa shape index (κ2) is 5.19. The molecule has 1 aliphatic rings. The molecule has 18 heavy (non-hydrogen) atoms. The number of thioether (sulfide) groups is 1. The molecule has 1 aromatic carbocycles. The van der Waals surface area contributed by atoms with Gasteiger partial charge in [0.1, 0.15) is 0 Å². The quantitative estimate of drug-likeness (QED) is 0.871. The van der Waals surface area contributed by atoms with Crippen LogP contribution in [0.2, 0.25) is 0 Å². The zero-order chi connectivity index (χ0) is 13.2. The van der Waals surface area contributed by atoms with Crippen LogP contribution in [-0.2, 0) is 11.0 Å². The van der Waals surface area contributed by atoms with Gasteiger partial charge in [-0.25, -0.2) is 0 Å². The first-order valence-electron chi connectivity index (χ1n) is 5.26. The maximum atomic E-state index is 12.5. The van der Waals surface area contributed by atoms with Crippen molar-refractivity contribution in [3.63, 3.8) is 0 Å². The van der Waals surface area contributed by atoms with Crippen molar-refractivity contribution in [3.8, 4) is 0 Å². The lowest BCUT2D eigenvalue weighted by atomic mass is 10.2. The van der Waals surface area contributed by atoms with Crippen molar-refractivity contribution in [1.82, 2.24) is 5.32 Å². The molecule has 1 fully saturated rings. The fourth-order valence-electron chi connectivity index (χ4n) is 1.57. The van der Waals surface area contributed by atoms with Crippen LogP contribution < -0.4 is 10.6 Å². The van der Waals surface area contributed by atoms with Crippen LogP contribution in [0, 0.1) is 0 Å². The van der Waals surface area contributed by atoms with E-state index < -0.39 is 11.7 Å². The highest BCUT2D eigenvalue weighted by atomic mass is 32.2. The van der Waals surface area contributed by atoms with Crippen LogP contribution in [0.4, 0.5) is 18.9 Å². The van der Waals surface area contributed by atoms with Gasteiger partial charge in [0.15, 0.2) is 0 Å². The Kier molecular flexibility index (Phi) is 3.82.